The zero-order valence-corrected chi connectivity index (χ0v) is 13.2. The Morgan fingerprint density at radius 3 is 2.76 bits per heavy atom. The molecule has 1 heterocycles. The van der Waals surface area contributed by atoms with Crippen molar-refractivity contribution in [3.63, 3.8) is 0 Å². The van der Waals surface area contributed by atoms with Crippen molar-refractivity contribution >= 4 is 17.3 Å². The first-order valence-corrected chi connectivity index (χ1v) is 7.90. The van der Waals surface area contributed by atoms with Gasteiger partial charge < -0.3 is 4.74 Å². The normalized spacial score (nSPS) is 10.8. The van der Waals surface area contributed by atoms with Crippen molar-refractivity contribution < 1.29 is 9.53 Å². The number of ether oxygens (including phenoxy) is 1. The van der Waals surface area contributed by atoms with Gasteiger partial charge in [-0.2, -0.15) is 0 Å². The number of carbonyl (C=O) groups is 1. The third-order valence-electron chi connectivity index (χ3n) is 3.08. The van der Waals surface area contributed by atoms with Crippen molar-refractivity contribution in [2.24, 2.45) is 0 Å². The highest BCUT2D eigenvalue weighted by Gasteiger charge is 2.13. The summed E-state index contributed by atoms with van der Waals surface area (Å²) in [5.41, 5.74) is 2.12. The fourth-order valence-electron chi connectivity index (χ4n) is 2.10. The van der Waals surface area contributed by atoms with Crippen LogP contribution in [0.3, 0.4) is 0 Å². The maximum absolute atomic E-state index is 11.4. The Morgan fingerprint density at radius 2 is 2.10 bits per heavy atom. The van der Waals surface area contributed by atoms with Crippen LogP contribution < -0.4 is 0 Å². The Hall–Kier alpha value is -1.72. The molecule has 1 aromatic carbocycles. The molecule has 2 aromatic rings. The summed E-state index contributed by atoms with van der Waals surface area (Å²) in [6, 6.07) is 10.1. The van der Waals surface area contributed by atoms with E-state index in [1.54, 1.807) is 11.3 Å². The first-order chi connectivity index (χ1) is 10.2. The van der Waals surface area contributed by atoms with Gasteiger partial charge >= 0.3 is 5.97 Å². The molecule has 0 aliphatic rings. The number of esters is 1. The minimum atomic E-state index is -0.207. The summed E-state index contributed by atoms with van der Waals surface area (Å²) in [5.74, 6) is -0.207. The highest BCUT2D eigenvalue weighted by Crippen LogP contribution is 2.23. The second-order valence-electron chi connectivity index (χ2n) is 4.80. The van der Waals surface area contributed by atoms with Gasteiger partial charge in [-0.3, -0.25) is 9.69 Å². The highest BCUT2D eigenvalue weighted by atomic mass is 32.1. The van der Waals surface area contributed by atoms with Gasteiger partial charge in [0.25, 0.3) is 0 Å². The van der Waals surface area contributed by atoms with Crippen LogP contribution in [0.25, 0.3) is 10.6 Å². The molecule has 0 aliphatic carbocycles. The van der Waals surface area contributed by atoms with E-state index in [9.17, 15) is 4.79 Å². The van der Waals surface area contributed by atoms with E-state index in [2.05, 4.69) is 34.3 Å². The predicted octanol–water partition coefficient (Wildman–Crippen LogP) is 3.20. The van der Waals surface area contributed by atoms with Crippen LogP contribution in [-0.2, 0) is 16.1 Å². The number of nitrogens with zero attached hydrogens (tertiary/aromatic N) is 2. The Kier molecular flexibility index (Phi) is 5.90. The molecule has 0 fully saturated rings. The third kappa shape index (κ3) is 4.65. The molecule has 0 radical (unpaired) electrons. The summed E-state index contributed by atoms with van der Waals surface area (Å²) < 4.78 is 4.74. The monoisotopic (exact) mass is 304 g/mol. The number of aromatic nitrogens is 1. The zero-order chi connectivity index (χ0) is 15.1. The van der Waals surface area contributed by atoms with Crippen molar-refractivity contribution in [3.8, 4) is 10.6 Å². The molecule has 0 spiro atoms. The minimum absolute atomic E-state index is 0.207. The molecule has 112 valence electrons. The van der Waals surface area contributed by atoms with Crippen LogP contribution in [0, 0.1) is 0 Å². The second kappa shape index (κ2) is 7.90. The average Bonchev–Trinajstić information content (AvgIpc) is 2.97. The lowest BCUT2D eigenvalue weighted by Crippen LogP contribution is -2.31. The summed E-state index contributed by atoms with van der Waals surface area (Å²) in [5, 5.41) is 3.07. The Morgan fingerprint density at radius 1 is 1.33 bits per heavy atom. The number of benzene rings is 1. The molecule has 0 aliphatic heterocycles. The molecule has 5 heteroatoms. The van der Waals surface area contributed by atoms with Crippen LogP contribution in [0.5, 0.6) is 0 Å². The third-order valence-corrected chi connectivity index (χ3v) is 4.02. The largest absolute Gasteiger partial charge is 0.468 e. The molecule has 1 aromatic heterocycles. The van der Waals surface area contributed by atoms with Crippen LogP contribution in [0.1, 0.15) is 19.0 Å². The Bertz CT molecular complexity index is 569. The molecule has 0 atom stereocenters. The molecule has 0 amide bonds. The molecule has 0 bridgehead atoms. The standard InChI is InChI=1S/C16H20N2O2S/c1-3-9-18(11-15(19)20-2)10-14-12-21-16(17-14)13-7-5-4-6-8-13/h4-8,12H,3,9-11H2,1-2H3. The van der Waals surface area contributed by atoms with Gasteiger partial charge in [0, 0.05) is 17.5 Å². The SMILES string of the molecule is CCCN(CC(=O)OC)Cc1csc(-c2ccccc2)n1. The zero-order valence-electron chi connectivity index (χ0n) is 12.4. The summed E-state index contributed by atoms with van der Waals surface area (Å²) in [4.78, 5) is 18.2. The van der Waals surface area contributed by atoms with Gasteiger partial charge in [-0.15, -0.1) is 11.3 Å². The lowest BCUT2D eigenvalue weighted by atomic mass is 10.2. The van der Waals surface area contributed by atoms with Gasteiger partial charge in [-0.25, -0.2) is 4.98 Å². The number of hydrogen-bond donors (Lipinski definition) is 0. The van der Waals surface area contributed by atoms with Gasteiger partial charge in [-0.1, -0.05) is 37.3 Å². The first-order valence-electron chi connectivity index (χ1n) is 7.02. The number of rotatable bonds is 7. The van der Waals surface area contributed by atoms with Gasteiger partial charge in [0.2, 0.25) is 0 Å². The number of methoxy groups -OCH3 is 1. The molecule has 0 N–H and O–H groups in total. The predicted molar refractivity (Wildman–Crippen MR) is 85.1 cm³/mol. The fourth-order valence-corrected chi connectivity index (χ4v) is 2.92. The van der Waals surface area contributed by atoms with E-state index in [4.69, 9.17) is 4.74 Å². The quantitative estimate of drug-likeness (QED) is 0.737. The van der Waals surface area contributed by atoms with Crippen LogP contribution in [-0.4, -0.2) is 36.1 Å². The summed E-state index contributed by atoms with van der Waals surface area (Å²) in [6.07, 6.45) is 0.993. The van der Waals surface area contributed by atoms with Crippen LogP contribution >= 0.6 is 11.3 Å². The molecule has 0 unspecified atom stereocenters. The summed E-state index contributed by atoms with van der Waals surface area (Å²) >= 11 is 1.63. The van der Waals surface area contributed by atoms with E-state index in [0.29, 0.717) is 13.1 Å². The van der Waals surface area contributed by atoms with Crippen molar-refractivity contribution in [2.75, 3.05) is 20.2 Å². The van der Waals surface area contributed by atoms with E-state index < -0.39 is 0 Å². The smallest absolute Gasteiger partial charge is 0.319 e. The molecule has 21 heavy (non-hydrogen) atoms. The Labute approximate surface area is 129 Å². The topological polar surface area (TPSA) is 42.4 Å². The van der Waals surface area contributed by atoms with E-state index in [1.807, 2.05) is 18.2 Å². The van der Waals surface area contributed by atoms with Crippen LogP contribution in [0.4, 0.5) is 0 Å². The van der Waals surface area contributed by atoms with Crippen molar-refractivity contribution in [3.05, 3.63) is 41.4 Å². The molecule has 0 saturated heterocycles. The molecular formula is C16H20N2O2S. The van der Waals surface area contributed by atoms with Gasteiger partial charge in [-0.05, 0) is 13.0 Å². The van der Waals surface area contributed by atoms with Crippen LogP contribution in [0.2, 0.25) is 0 Å². The Balaban J connectivity index is 2.04. The minimum Gasteiger partial charge on any atom is -0.468 e. The van der Waals surface area contributed by atoms with E-state index in [-0.39, 0.29) is 5.97 Å². The van der Waals surface area contributed by atoms with E-state index >= 15 is 0 Å². The molecule has 2 rings (SSSR count). The van der Waals surface area contributed by atoms with Crippen LogP contribution in [0.15, 0.2) is 35.7 Å². The van der Waals surface area contributed by atoms with E-state index in [0.717, 1.165) is 29.2 Å². The second-order valence-corrected chi connectivity index (χ2v) is 5.65. The average molecular weight is 304 g/mol. The lowest BCUT2D eigenvalue weighted by Gasteiger charge is -2.18. The maximum Gasteiger partial charge on any atom is 0.319 e. The number of carbonyl (C=O) groups excluding carboxylic acids is 1. The maximum atomic E-state index is 11.4. The van der Waals surface area contributed by atoms with Crippen molar-refractivity contribution in [2.45, 2.75) is 19.9 Å². The lowest BCUT2D eigenvalue weighted by molar-refractivity contribution is -0.142. The highest BCUT2D eigenvalue weighted by molar-refractivity contribution is 7.13. The first kappa shape index (κ1) is 15.7. The van der Waals surface area contributed by atoms with Gasteiger partial charge in [0.15, 0.2) is 0 Å². The van der Waals surface area contributed by atoms with Gasteiger partial charge in [0.05, 0.1) is 19.3 Å². The molecular weight excluding hydrogens is 284 g/mol. The number of hydrogen-bond acceptors (Lipinski definition) is 5. The summed E-state index contributed by atoms with van der Waals surface area (Å²) in [7, 11) is 1.42. The molecule has 0 saturated carbocycles. The van der Waals surface area contributed by atoms with E-state index in [1.165, 1.54) is 7.11 Å². The van der Waals surface area contributed by atoms with Crippen molar-refractivity contribution in [1.29, 1.82) is 0 Å². The van der Waals surface area contributed by atoms with Crippen molar-refractivity contribution in [1.82, 2.24) is 9.88 Å². The molecule has 4 nitrogen and oxygen atoms in total. The summed E-state index contributed by atoms with van der Waals surface area (Å²) in [6.45, 7) is 3.93. The van der Waals surface area contributed by atoms with Gasteiger partial charge in [0.1, 0.15) is 5.01 Å². The fraction of sp³-hybridized carbons (Fsp3) is 0.375. The number of thiazole rings is 1.